The summed E-state index contributed by atoms with van der Waals surface area (Å²) < 4.78 is 0. The van der Waals surface area contributed by atoms with Crippen LogP contribution in [0.1, 0.15) is 26.7 Å². The van der Waals surface area contributed by atoms with Crippen LogP contribution in [-0.4, -0.2) is 0 Å². The van der Waals surface area contributed by atoms with Gasteiger partial charge < -0.3 is 24.8 Å². The molecule has 0 aliphatic heterocycles. The van der Waals surface area contributed by atoms with E-state index in [9.17, 15) is 0 Å². The molecule has 0 amide bonds. The first kappa shape index (κ1) is 18.7. The van der Waals surface area contributed by atoms with E-state index in [1.165, 1.54) is 12.8 Å². The molecule has 0 aromatic rings. The Balaban J connectivity index is -0.000000270. The topological polar surface area (TPSA) is 0 Å². The second-order valence-corrected chi connectivity index (χ2v) is 3.06. The third kappa shape index (κ3) is 7.57. The van der Waals surface area contributed by atoms with Crippen molar-refractivity contribution in [3.05, 3.63) is 23.8 Å². The Morgan fingerprint density at radius 2 is 1.92 bits per heavy atom. The summed E-state index contributed by atoms with van der Waals surface area (Å²) >= 11 is 0. The fraction of sp³-hybridized carbons (Fsp3) is 0.556. The summed E-state index contributed by atoms with van der Waals surface area (Å²) in [7, 11) is 0. The molecule has 0 fully saturated rings. The van der Waals surface area contributed by atoms with Gasteiger partial charge in [-0.05, 0) is 18.8 Å². The van der Waals surface area contributed by atoms with E-state index >= 15 is 0 Å². The van der Waals surface area contributed by atoms with Crippen LogP contribution in [0.3, 0.4) is 0 Å². The quantitative estimate of drug-likeness (QED) is 0.452. The predicted octanol–water partition coefficient (Wildman–Crippen LogP) is -3.08. The second kappa shape index (κ2) is 10.0. The molecule has 0 N–H and O–H groups in total. The zero-order valence-corrected chi connectivity index (χ0v) is 12.6. The largest absolute Gasteiger partial charge is 2.00 e. The summed E-state index contributed by atoms with van der Waals surface area (Å²) in [6.07, 6.45) is 9.07. The first-order chi connectivity index (χ1) is 4.29. The van der Waals surface area contributed by atoms with Gasteiger partial charge in [-0.2, -0.15) is 0 Å². The van der Waals surface area contributed by atoms with Crippen molar-refractivity contribution in [1.29, 1.82) is 0 Å². The summed E-state index contributed by atoms with van der Waals surface area (Å²) in [4.78, 5) is 0. The Hall–Kier alpha value is 0.930. The molecule has 0 aromatic carbocycles. The number of allylic oxidation sites excluding steroid dienone is 4. The van der Waals surface area contributed by atoms with Crippen LogP contribution in [0.2, 0.25) is 0 Å². The molecule has 0 aromatic heterocycles. The van der Waals surface area contributed by atoms with E-state index in [1.54, 1.807) is 5.57 Å². The number of hydrogen-bond acceptors (Lipinski definition) is 0. The summed E-state index contributed by atoms with van der Waals surface area (Å²) in [5, 5.41) is 0. The third-order valence-corrected chi connectivity index (χ3v) is 1.52. The fourth-order valence-corrected chi connectivity index (χ4v) is 1.17. The van der Waals surface area contributed by atoms with Gasteiger partial charge in [-0.1, -0.05) is 37.6 Å². The Morgan fingerprint density at radius 3 is 2.25 bits per heavy atom. The van der Waals surface area contributed by atoms with E-state index in [1.807, 2.05) is 0 Å². The molecule has 12 heavy (non-hydrogen) atoms. The van der Waals surface area contributed by atoms with Crippen LogP contribution in [0.5, 0.6) is 0 Å². The number of hydrogen-bond donors (Lipinski definition) is 0. The van der Waals surface area contributed by atoms with Crippen molar-refractivity contribution in [2.45, 2.75) is 26.7 Å². The standard InChI is InChI=1S/C9H14.2ClH.Hf/c1-8(2)7-9-5-3-4-6-9;;;/h3-5,8H,6-7H2,1-2H3;2*1H;/q;;;+2/p-2. The van der Waals surface area contributed by atoms with Crippen LogP contribution < -0.4 is 24.8 Å². The summed E-state index contributed by atoms with van der Waals surface area (Å²) in [6.45, 7) is 4.53. The Kier molecular flexibility index (Phi) is 15.6. The summed E-state index contributed by atoms with van der Waals surface area (Å²) in [5.41, 5.74) is 1.59. The minimum atomic E-state index is 0. The van der Waals surface area contributed by atoms with Crippen LogP contribution in [0, 0.1) is 5.92 Å². The zero-order chi connectivity index (χ0) is 6.69. The molecular weight excluding hydrogens is 357 g/mol. The van der Waals surface area contributed by atoms with Gasteiger partial charge in [0.05, 0.1) is 0 Å². The molecule has 1 aliphatic rings. The molecule has 0 spiro atoms. The van der Waals surface area contributed by atoms with Crippen molar-refractivity contribution in [2.24, 2.45) is 5.92 Å². The van der Waals surface area contributed by atoms with Crippen LogP contribution in [0.4, 0.5) is 0 Å². The molecule has 0 unspecified atom stereocenters. The maximum absolute atomic E-state index is 2.26. The fourth-order valence-electron chi connectivity index (χ4n) is 1.17. The van der Waals surface area contributed by atoms with Crippen LogP contribution in [-0.2, 0) is 25.8 Å². The average Bonchev–Trinajstić information content (AvgIpc) is 2.15. The molecule has 68 valence electrons. The Morgan fingerprint density at radius 1 is 1.33 bits per heavy atom. The van der Waals surface area contributed by atoms with E-state index in [2.05, 4.69) is 32.1 Å². The van der Waals surface area contributed by atoms with Gasteiger partial charge in [-0.15, -0.1) is 0 Å². The average molecular weight is 372 g/mol. The van der Waals surface area contributed by atoms with E-state index in [0.717, 1.165) is 5.92 Å². The van der Waals surface area contributed by atoms with Gasteiger partial charge in [-0.25, -0.2) is 0 Å². The van der Waals surface area contributed by atoms with Crippen LogP contribution in [0.25, 0.3) is 0 Å². The summed E-state index contributed by atoms with van der Waals surface area (Å²) in [6, 6.07) is 0. The van der Waals surface area contributed by atoms with E-state index < -0.39 is 0 Å². The summed E-state index contributed by atoms with van der Waals surface area (Å²) in [5.74, 6) is 0.816. The van der Waals surface area contributed by atoms with Crippen molar-refractivity contribution in [3.63, 3.8) is 0 Å². The van der Waals surface area contributed by atoms with Gasteiger partial charge in [0.15, 0.2) is 0 Å². The van der Waals surface area contributed by atoms with E-state index in [0.29, 0.717) is 0 Å². The van der Waals surface area contributed by atoms with Gasteiger partial charge in [0.25, 0.3) is 0 Å². The first-order valence-electron chi connectivity index (χ1n) is 3.63. The van der Waals surface area contributed by atoms with Crippen LogP contribution >= 0.6 is 0 Å². The van der Waals surface area contributed by atoms with Gasteiger partial charge in [0, 0.05) is 0 Å². The molecule has 1 aliphatic carbocycles. The monoisotopic (exact) mass is 372 g/mol. The smallest absolute Gasteiger partial charge is 1.00 e. The van der Waals surface area contributed by atoms with Gasteiger partial charge >= 0.3 is 25.8 Å². The third-order valence-electron chi connectivity index (χ3n) is 1.52. The molecule has 0 nitrogen and oxygen atoms in total. The molecule has 0 saturated carbocycles. The van der Waals surface area contributed by atoms with E-state index in [-0.39, 0.29) is 50.7 Å². The molecule has 0 heterocycles. The van der Waals surface area contributed by atoms with Crippen molar-refractivity contribution < 1.29 is 50.7 Å². The Bertz CT molecular complexity index is 151. The van der Waals surface area contributed by atoms with Gasteiger partial charge in [0.1, 0.15) is 0 Å². The molecule has 0 atom stereocenters. The predicted molar refractivity (Wildman–Crippen MR) is 41.3 cm³/mol. The molecule has 1 rings (SSSR count). The van der Waals surface area contributed by atoms with Crippen molar-refractivity contribution >= 4 is 0 Å². The first-order valence-corrected chi connectivity index (χ1v) is 3.63. The van der Waals surface area contributed by atoms with E-state index in [4.69, 9.17) is 0 Å². The SMILES string of the molecule is CC(C)CC1=CC=CC1.[Cl-].[Cl-].[Hf+2]. The second-order valence-electron chi connectivity index (χ2n) is 3.06. The van der Waals surface area contributed by atoms with Crippen molar-refractivity contribution in [2.75, 3.05) is 0 Å². The molecule has 3 heteroatoms. The number of halogens is 2. The van der Waals surface area contributed by atoms with Crippen molar-refractivity contribution in [3.8, 4) is 0 Å². The Labute approximate surface area is 106 Å². The number of rotatable bonds is 2. The molecule has 0 saturated heterocycles. The molecule has 0 bridgehead atoms. The molecular formula is C9H14Cl2Hf. The van der Waals surface area contributed by atoms with Crippen molar-refractivity contribution in [1.82, 2.24) is 0 Å². The van der Waals surface area contributed by atoms with Gasteiger partial charge in [0.2, 0.25) is 0 Å². The maximum Gasteiger partial charge on any atom is 2.00 e. The minimum absolute atomic E-state index is 0. The maximum atomic E-state index is 2.26. The van der Waals surface area contributed by atoms with Crippen LogP contribution in [0.15, 0.2) is 23.8 Å². The zero-order valence-electron chi connectivity index (χ0n) is 7.48. The molecule has 0 radical (unpaired) electrons. The normalized spacial score (nSPS) is 12.8. The minimum Gasteiger partial charge on any atom is -1.00 e. The van der Waals surface area contributed by atoms with Gasteiger partial charge in [-0.3, -0.25) is 0 Å².